The maximum Gasteiger partial charge on any atom is 0.263 e. The van der Waals surface area contributed by atoms with Gasteiger partial charge in [-0.3, -0.25) is 4.79 Å². The molecule has 1 aliphatic rings. The molecule has 0 bridgehead atoms. The number of methoxy groups -OCH3 is 1. The predicted molar refractivity (Wildman–Crippen MR) is 87.1 cm³/mol. The number of anilines is 1. The number of rotatable bonds is 4. The molecule has 1 heterocycles. The third-order valence-electron chi connectivity index (χ3n) is 4.36. The summed E-state index contributed by atoms with van der Waals surface area (Å²) in [6, 6.07) is 5.91. The first-order valence-corrected chi connectivity index (χ1v) is 8.08. The third kappa shape index (κ3) is 2.58. The second-order valence-corrected chi connectivity index (χ2v) is 6.71. The summed E-state index contributed by atoms with van der Waals surface area (Å²) in [7, 11) is 1.63. The van der Waals surface area contributed by atoms with Crippen LogP contribution in [0.15, 0.2) is 18.2 Å². The standard InChI is InChI=1S/C16H20N2O2S/c1-9(10-4-3-5-10)18-16(19)15-14(17)12-7-6-11(20-2)8-13(12)21-15/h6-10H,3-5,17H2,1-2H3,(H,18,19). The Balaban J connectivity index is 1.85. The van der Waals surface area contributed by atoms with Crippen LogP contribution in [0.5, 0.6) is 5.75 Å². The minimum atomic E-state index is -0.0629. The summed E-state index contributed by atoms with van der Waals surface area (Å²) >= 11 is 1.42. The van der Waals surface area contributed by atoms with E-state index in [1.807, 2.05) is 18.2 Å². The Kier molecular flexibility index (Phi) is 3.76. The molecule has 1 saturated carbocycles. The highest BCUT2D eigenvalue weighted by Gasteiger charge is 2.26. The summed E-state index contributed by atoms with van der Waals surface area (Å²) < 4.78 is 6.20. The van der Waals surface area contributed by atoms with E-state index in [0.29, 0.717) is 16.5 Å². The molecule has 1 aromatic heterocycles. The molecular formula is C16H20N2O2S. The lowest BCUT2D eigenvalue weighted by atomic mass is 9.80. The number of fused-ring (bicyclic) bond motifs is 1. The Bertz CT molecular complexity index is 676. The number of amides is 1. The predicted octanol–water partition coefficient (Wildman–Crippen LogP) is 3.41. The van der Waals surface area contributed by atoms with Crippen molar-refractivity contribution in [1.29, 1.82) is 0 Å². The molecular weight excluding hydrogens is 284 g/mol. The second-order valence-electron chi connectivity index (χ2n) is 5.66. The van der Waals surface area contributed by atoms with E-state index in [2.05, 4.69) is 12.2 Å². The maximum atomic E-state index is 12.4. The molecule has 3 rings (SSSR count). The van der Waals surface area contributed by atoms with Crippen LogP contribution in [0.1, 0.15) is 35.9 Å². The molecule has 112 valence electrons. The van der Waals surface area contributed by atoms with Crippen LogP contribution in [-0.2, 0) is 0 Å². The molecule has 1 aromatic carbocycles. The molecule has 5 heteroatoms. The van der Waals surface area contributed by atoms with Gasteiger partial charge in [0.05, 0.1) is 12.8 Å². The number of thiophene rings is 1. The van der Waals surface area contributed by atoms with Gasteiger partial charge in [-0.1, -0.05) is 6.42 Å². The van der Waals surface area contributed by atoms with Crippen LogP contribution in [-0.4, -0.2) is 19.1 Å². The summed E-state index contributed by atoms with van der Waals surface area (Å²) in [5, 5.41) is 4.01. The highest BCUT2D eigenvalue weighted by Crippen LogP contribution is 2.36. The molecule has 1 aliphatic carbocycles. The molecule has 3 N–H and O–H groups in total. The van der Waals surface area contributed by atoms with Crippen LogP contribution in [0.4, 0.5) is 5.69 Å². The molecule has 1 amide bonds. The van der Waals surface area contributed by atoms with Gasteiger partial charge in [0.2, 0.25) is 0 Å². The van der Waals surface area contributed by atoms with Crippen LogP contribution in [0, 0.1) is 5.92 Å². The fourth-order valence-electron chi connectivity index (χ4n) is 2.72. The molecule has 1 atom stereocenters. The van der Waals surface area contributed by atoms with E-state index < -0.39 is 0 Å². The second kappa shape index (κ2) is 5.56. The molecule has 1 unspecified atom stereocenters. The Morgan fingerprint density at radius 2 is 2.24 bits per heavy atom. The van der Waals surface area contributed by atoms with E-state index in [1.54, 1.807) is 7.11 Å². The zero-order valence-corrected chi connectivity index (χ0v) is 13.1. The summed E-state index contributed by atoms with van der Waals surface area (Å²) in [4.78, 5) is 13.0. The SMILES string of the molecule is COc1ccc2c(N)c(C(=O)NC(C)C3CCC3)sc2c1. The van der Waals surface area contributed by atoms with Crippen molar-refractivity contribution >= 4 is 33.0 Å². The fourth-order valence-corrected chi connectivity index (χ4v) is 3.78. The number of nitrogen functional groups attached to an aromatic ring is 1. The van der Waals surface area contributed by atoms with Crippen molar-refractivity contribution in [3.63, 3.8) is 0 Å². The molecule has 0 saturated heterocycles. The molecule has 0 spiro atoms. The van der Waals surface area contributed by atoms with E-state index in [4.69, 9.17) is 10.5 Å². The van der Waals surface area contributed by atoms with Gasteiger partial charge in [-0.05, 0) is 43.9 Å². The topological polar surface area (TPSA) is 64.3 Å². The fraction of sp³-hybridized carbons (Fsp3) is 0.438. The van der Waals surface area contributed by atoms with Gasteiger partial charge in [-0.25, -0.2) is 0 Å². The smallest absolute Gasteiger partial charge is 0.263 e. The molecule has 0 aliphatic heterocycles. The van der Waals surface area contributed by atoms with Crippen molar-refractivity contribution in [3.05, 3.63) is 23.1 Å². The van der Waals surface area contributed by atoms with E-state index in [1.165, 1.54) is 30.6 Å². The molecule has 4 nitrogen and oxygen atoms in total. The van der Waals surface area contributed by atoms with E-state index in [9.17, 15) is 4.79 Å². The summed E-state index contributed by atoms with van der Waals surface area (Å²) in [6.07, 6.45) is 3.69. The van der Waals surface area contributed by atoms with Gasteiger partial charge in [0.25, 0.3) is 5.91 Å². The van der Waals surface area contributed by atoms with Gasteiger partial charge in [0.1, 0.15) is 10.6 Å². The average Bonchev–Trinajstić information content (AvgIpc) is 2.73. The normalized spacial score (nSPS) is 16.5. The summed E-state index contributed by atoms with van der Waals surface area (Å²) in [5.74, 6) is 1.33. The van der Waals surface area contributed by atoms with Gasteiger partial charge >= 0.3 is 0 Å². The first kappa shape index (κ1) is 14.2. The number of ether oxygens (including phenoxy) is 1. The average molecular weight is 304 g/mol. The van der Waals surface area contributed by atoms with Gasteiger partial charge in [-0.15, -0.1) is 11.3 Å². The van der Waals surface area contributed by atoms with E-state index in [-0.39, 0.29) is 11.9 Å². The lowest BCUT2D eigenvalue weighted by Gasteiger charge is -2.31. The minimum absolute atomic E-state index is 0.0629. The van der Waals surface area contributed by atoms with Crippen molar-refractivity contribution in [2.75, 3.05) is 12.8 Å². The number of hydrogen-bond donors (Lipinski definition) is 2. The van der Waals surface area contributed by atoms with Gasteiger partial charge < -0.3 is 15.8 Å². The number of nitrogens with two attached hydrogens (primary N) is 1. The monoisotopic (exact) mass is 304 g/mol. The molecule has 21 heavy (non-hydrogen) atoms. The number of carbonyl (C=O) groups is 1. The Morgan fingerprint density at radius 3 is 2.86 bits per heavy atom. The van der Waals surface area contributed by atoms with Crippen LogP contribution < -0.4 is 15.8 Å². The highest BCUT2D eigenvalue weighted by molar-refractivity contribution is 7.21. The van der Waals surface area contributed by atoms with E-state index >= 15 is 0 Å². The Morgan fingerprint density at radius 1 is 1.48 bits per heavy atom. The number of nitrogens with one attached hydrogen (secondary N) is 1. The summed E-state index contributed by atoms with van der Waals surface area (Å²) in [5.41, 5.74) is 6.70. The van der Waals surface area contributed by atoms with Crippen molar-refractivity contribution in [3.8, 4) is 5.75 Å². The zero-order chi connectivity index (χ0) is 15.0. The largest absolute Gasteiger partial charge is 0.497 e. The zero-order valence-electron chi connectivity index (χ0n) is 12.3. The number of carbonyl (C=O) groups excluding carboxylic acids is 1. The minimum Gasteiger partial charge on any atom is -0.497 e. The first-order chi connectivity index (χ1) is 10.1. The van der Waals surface area contributed by atoms with Crippen LogP contribution in [0.3, 0.4) is 0 Å². The lowest BCUT2D eigenvalue weighted by molar-refractivity contribution is 0.0914. The number of hydrogen-bond acceptors (Lipinski definition) is 4. The molecule has 0 radical (unpaired) electrons. The number of benzene rings is 1. The third-order valence-corrected chi connectivity index (χ3v) is 5.52. The van der Waals surface area contributed by atoms with E-state index in [0.717, 1.165) is 15.8 Å². The van der Waals surface area contributed by atoms with Crippen molar-refractivity contribution in [1.82, 2.24) is 5.32 Å². The van der Waals surface area contributed by atoms with Crippen LogP contribution in [0.2, 0.25) is 0 Å². The maximum absolute atomic E-state index is 12.4. The summed E-state index contributed by atoms with van der Waals surface area (Å²) in [6.45, 7) is 2.08. The highest BCUT2D eigenvalue weighted by atomic mass is 32.1. The van der Waals surface area contributed by atoms with Crippen LogP contribution in [0.25, 0.3) is 10.1 Å². The lowest BCUT2D eigenvalue weighted by Crippen LogP contribution is -2.40. The Hall–Kier alpha value is -1.75. The van der Waals surface area contributed by atoms with Gasteiger partial charge in [-0.2, -0.15) is 0 Å². The van der Waals surface area contributed by atoms with Crippen LogP contribution >= 0.6 is 11.3 Å². The van der Waals surface area contributed by atoms with Gasteiger partial charge in [0, 0.05) is 16.1 Å². The van der Waals surface area contributed by atoms with Crippen molar-refractivity contribution in [2.24, 2.45) is 5.92 Å². The first-order valence-electron chi connectivity index (χ1n) is 7.27. The van der Waals surface area contributed by atoms with Crippen molar-refractivity contribution in [2.45, 2.75) is 32.2 Å². The van der Waals surface area contributed by atoms with Gasteiger partial charge in [0.15, 0.2) is 0 Å². The molecule has 2 aromatic rings. The molecule has 1 fully saturated rings. The van der Waals surface area contributed by atoms with Crippen molar-refractivity contribution < 1.29 is 9.53 Å². The Labute approximate surface area is 128 Å². The quantitative estimate of drug-likeness (QED) is 0.909.